The summed E-state index contributed by atoms with van der Waals surface area (Å²) >= 11 is 7.46. The van der Waals surface area contributed by atoms with E-state index in [-0.39, 0.29) is 4.75 Å². The topological polar surface area (TPSA) is 25.8 Å². The number of hydrogen-bond donors (Lipinski definition) is 0. The average Bonchev–Trinajstić information content (AvgIpc) is 1.91. The summed E-state index contributed by atoms with van der Waals surface area (Å²) in [6, 6.07) is 0. The van der Waals surface area contributed by atoms with Gasteiger partial charge in [0.05, 0.1) is 0 Å². The van der Waals surface area contributed by atoms with Gasteiger partial charge in [0.15, 0.2) is 5.15 Å². The van der Waals surface area contributed by atoms with Crippen LogP contribution >= 0.6 is 23.4 Å². The van der Waals surface area contributed by atoms with E-state index in [1.165, 1.54) is 0 Å². The molecule has 0 spiro atoms. The lowest BCUT2D eigenvalue weighted by atomic mass is 10.3. The molecule has 0 saturated heterocycles. The Morgan fingerprint density at radius 3 is 2.33 bits per heavy atom. The molecule has 2 nitrogen and oxygen atoms in total. The molecule has 4 heteroatoms. The second-order valence-electron chi connectivity index (χ2n) is 3.37. The van der Waals surface area contributed by atoms with Crippen molar-refractivity contribution in [1.82, 2.24) is 9.97 Å². The third kappa shape index (κ3) is 2.99. The van der Waals surface area contributed by atoms with Crippen LogP contribution < -0.4 is 0 Å². The van der Waals surface area contributed by atoms with Crippen molar-refractivity contribution in [3.63, 3.8) is 0 Å². The number of aromatic nitrogens is 2. The van der Waals surface area contributed by atoms with E-state index in [4.69, 9.17) is 11.6 Å². The van der Waals surface area contributed by atoms with Crippen LogP contribution in [0.25, 0.3) is 0 Å². The lowest BCUT2D eigenvalue weighted by molar-refractivity contribution is 0.798. The molecule has 12 heavy (non-hydrogen) atoms. The molecule has 0 aliphatic carbocycles. The molecule has 0 amide bonds. The van der Waals surface area contributed by atoms with Crippen molar-refractivity contribution in [2.75, 3.05) is 0 Å². The molecule has 0 saturated carbocycles. The molecular formula is C8H11ClN2S. The van der Waals surface area contributed by atoms with Crippen LogP contribution in [0, 0.1) is 0 Å². The van der Waals surface area contributed by atoms with Crippen LogP contribution in [-0.2, 0) is 0 Å². The van der Waals surface area contributed by atoms with Crippen LogP contribution in [0.1, 0.15) is 20.8 Å². The predicted octanol–water partition coefficient (Wildman–Crippen LogP) is 3.02. The molecule has 0 atom stereocenters. The summed E-state index contributed by atoms with van der Waals surface area (Å²) in [5.74, 6) is 0. The molecule has 0 radical (unpaired) electrons. The first-order chi connectivity index (χ1) is 5.49. The maximum absolute atomic E-state index is 5.84. The number of rotatable bonds is 1. The third-order valence-corrected chi connectivity index (χ3v) is 2.52. The standard InChI is InChI=1S/C8H11ClN2S/c1-8(2,3)12-7-6(9)10-4-5-11-7/h4-5H,1-3H3. The van der Waals surface area contributed by atoms with Crippen LogP contribution in [0.4, 0.5) is 0 Å². The van der Waals surface area contributed by atoms with Crippen molar-refractivity contribution in [2.45, 2.75) is 30.5 Å². The van der Waals surface area contributed by atoms with Crippen LogP contribution in [0.5, 0.6) is 0 Å². The Labute approximate surface area is 81.8 Å². The minimum atomic E-state index is 0.125. The van der Waals surface area contributed by atoms with Gasteiger partial charge in [0.2, 0.25) is 0 Å². The predicted molar refractivity (Wildman–Crippen MR) is 52.7 cm³/mol. The van der Waals surface area contributed by atoms with E-state index >= 15 is 0 Å². The summed E-state index contributed by atoms with van der Waals surface area (Å²) in [6.07, 6.45) is 3.25. The van der Waals surface area contributed by atoms with Crippen molar-refractivity contribution in [3.8, 4) is 0 Å². The van der Waals surface area contributed by atoms with Gasteiger partial charge in [0.25, 0.3) is 0 Å². The van der Waals surface area contributed by atoms with Gasteiger partial charge in [0.1, 0.15) is 5.03 Å². The Morgan fingerprint density at radius 2 is 1.83 bits per heavy atom. The minimum Gasteiger partial charge on any atom is -0.245 e. The molecule has 1 heterocycles. The highest BCUT2D eigenvalue weighted by molar-refractivity contribution is 8.00. The molecule has 0 bridgehead atoms. The number of hydrogen-bond acceptors (Lipinski definition) is 3. The number of thioether (sulfide) groups is 1. The molecule has 1 aromatic rings. The van der Waals surface area contributed by atoms with Gasteiger partial charge in [-0.2, -0.15) is 0 Å². The van der Waals surface area contributed by atoms with Gasteiger partial charge >= 0.3 is 0 Å². The van der Waals surface area contributed by atoms with Gasteiger partial charge in [-0.25, -0.2) is 9.97 Å². The van der Waals surface area contributed by atoms with E-state index in [0.717, 1.165) is 5.03 Å². The van der Waals surface area contributed by atoms with E-state index in [1.807, 2.05) is 0 Å². The fourth-order valence-electron chi connectivity index (χ4n) is 0.667. The van der Waals surface area contributed by atoms with Crippen LogP contribution in [0.15, 0.2) is 17.4 Å². The van der Waals surface area contributed by atoms with Gasteiger partial charge in [-0.3, -0.25) is 0 Å². The maximum atomic E-state index is 5.84. The summed E-state index contributed by atoms with van der Waals surface area (Å²) in [4.78, 5) is 8.08. The normalized spacial score (nSPS) is 11.7. The van der Waals surface area contributed by atoms with Crippen molar-refractivity contribution in [1.29, 1.82) is 0 Å². The first-order valence-corrected chi connectivity index (χ1v) is 4.84. The van der Waals surface area contributed by atoms with Crippen LogP contribution in [-0.4, -0.2) is 14.7 Å². The Morgan fingerprint density at radius 1 is 1.25 bits per heavy atom. The van der Waals surface area contributed by atoms with Gasteiger partial charge in [0, 0.05) is 17.1 Å². The second kappa shape index (κ2) is 3.62. The molecule has 0 aromatic carbocycles. The highest BCUT2D eigenvalue weighted by atomic mass is 35.5. The zero-order valence-corrected chi connectivity index (χ0v) is 8.91. The van der Waals surface area contributed by atoms with Crippen molar-refractivity contribution >= 4 is 23.4 Å². The molecule has 66 valence electrons. The maximum Gasteiger partial charge on any atom is 0.161 e. The lowest BCUT2D eigenvalue weighted by Gasteiger charge is -2.16. The lowest BCUT2D eigenvalue weighted by Crippen LogP contribution is -2.07. The fraction of sp³-hybridized carbons (Fsp3) is 0.500. The first kappa shape index (κ1) is 9.81. The fourth-order valence-corrected chi connectivity index (χ4v) is 1.72. The van der Waals surface area contributed by atoms with E-state index in [9.17, 15) is 0 Å². The van der Waals surface area contributed by atoms with Gasteiger partial charge in [-0.1, -0.05) is 44.1 Å². The highest BCUT2D eigenvalue weighted by Crippen LogP contribution is 2.33. The molecule has 1 rings (SSSR count). The van der Waals surface area contributed by atoms with Crippen molar-refractivity contribution in [3.05, 3.63) is 17.5 Å². The largest absolute Gasteiger partial charge is 0.245 e. The van der Waals surface area contributed by atoms with Crippen molar-refractivity contribution in [2.24, 2.45) is 0 Å². The monoisotopic (exact) mass is 202 g/mol. The molecule has 0 fully saturated rings. The zero-order valence-electron chi connectivity index (χ0n) is 7.34. The highest BCUT2D eigenvalue weighted by Gasteiger charge is 2.15. The Bertz CT molecular complexity index is 270. The molecule has 1 aromatic heterocycles. The summed E-state index contributed by atoms with van der Waals surface area (Å²) < 4.78 is 0.125. The third-order valence-electron chi connectivity index (χ3n) is 1.03. The SMILES string of the molecule is CC(C)(C)Sc1nccnc1Cl. The molecule has 0 aliphatic rings. The molecule has 0 N–H and O–H groups in total. The Kier molecular flexibility index (Phi) is 2.96. The zero-order chi connectivity index (χ0) is 9.19. The smallest absolute Gasteiger partial charge is 0.161 e. The molecular weight excluding hydrogens is 192 g/mol. The van der Waals surface area contributed by atoms with Gasteiger partial charge in [-0.15, -0.1) is 0 Å². The van der Waals surface area contributed by atoms with E-state index in [0.29, 0.717) is 5.15 Å². The minimum absolute atomic E-state index is 0.125. The van der Waals surface area contributed by atoms with E-state index < -0.39 is 0 Å². The van der Waals surface area contributed by atoms with Crippen LogP contribution in [0.3, 0.4) is 0 Å². The quantitative estimate of drug-likeness (QED) is 0.655. The van der Waals surface area contributed by atoms with Gasteiger partial charge in [-0.05, 0) is 0 Å². The second-order valence-corrected chi connectivity index (χ2v) is 5.54. The molecule has 0 unspecified atom stereocenters. The number of nitrogens with zero attached hydrogens (tertiary/aromatic N) is 2. The summed E-state index contributed by atoms with van der Waals surface area (Å²) in [6.45, 7) is 6.34. The summed E-state index contributed by atoms with van der Waals surface area (Å²) in [5, 5.41) is 1.28. The first-order valence-electron chi connectivity index (χ1n) is 3.64. The van der Waals surface area contributed by atoms with Crippen molar-refractivity contribution < 1.29 is 0 Å². The van der Waals surface area contributed by atoms with E-state index in [1.54, 1.807) is 24.2 Å². The number of halogens is 1. The summed E-state index contributed by atoms with van der Waals surface area (Å²) in [7, 11) is 0. The van der Waals surface area contributed by atoms with Crippen LogP contribution in [0.2, 0.25) is 5.15 Å². The van der Waals surface area contributed by atoms with Gasteiger partial charge < -0.3 is 0 Å². The Balaban J connectivity index is 2.83. The average molecular weight is 203 g/mol. The molecule has 0 aliphatic heterocycles. The Hall–Kier alpha value is -0.280. The summed E-state index contributed by atoms with van der Waals surface area (Å²) in [5.41, 5.74) is 0. The van der Waals surface area contributed by atoms with E-state index in [2.05, 4.69) is 30.7 Å².